The quantitative estimate of drug-likeness (QED) is 0.131. The summed E-state index contributed by atoms with van der Waals surface area (Å²) < 4.78 is 6.25. The van der Waals surface area contributed by atoms with E-state index in [9.17, 15) is 82.8 Å². The maximum absolute atomic E-state index is 14.9. The molecule has 4 bridgehead atoms. The number of amides is 11. The number of phenols is 1. The van der Waals surface area contributed by atoms with Crippen LogP contribution >= 0.6 is 23.5 Å². The van der Waals surface area contributed by atoms with Crippen molar-refractivity contribution in [3.05, 3.63) is 59.2 Å². The molecule has 4 heterocycles. The van der Waals surface area contributed by atoms with Gasteiger partial charge in [-0.25, -0.2) is 0 Å². The number of aromatic hydroxyl groups is 1. The lowest BCUT2D eigenvalue weighted by Crippen LogP contribution is -2.62. The van der Waals surface area contributed by atoms with Gasteiger partial charge in [0, 0.05) is 48.9 Å². The molecule has 96 heavy (non-hydrogen) atoms. The van der Waals surface area contributed by atoms with E-state index in [1.807, 2.05) is 6.07 Å². The predicted octanol–water partition coefficient (Wildman–Crippen LogP) is -0.798. The van der Waals surface area contributed by atoms with E-state index in [0.717, 1.165) is 30.9 Å². The Bertz CT molecular complexity index is 3160. The maximum atomic E-state index is 14.9. The van der Waals surface area contributed by atoms with Crippen molar-refractivity contribution in [2.75, 3.05) is 37.8 Å². The van der Waals surface area contributed by atoms with Gasteiger partial charge in [0.2, 0.25) is 59.1 Å². The number of nitrogens with one attached hydrogen (secondary N) is 8. The van der Waals surface area contributed by atoms with Crippen LogP contribution in [-0.2, 0) is 85.1 Å². The molecule has 6 rings (SSSR count). The van der Waals surface area contributed by atoms with Crippen LogP contribution in [0.2, 0.25) is 0 Å². The number of fused-ring (bicyclic) bond motifs is 7. The number of hydrogen-bond acceptors (Lipinski definition) is 20. The van der Waals surface area contributed by atoms with Crippen molar-refractivity contribution in [1.82, 2.24) is 52.3 Å². The molecule has 2 saturated heterocycles. The van der Waals surface area contributed by atoms with Crippen LogP contribution in [0.4, 0.5) is 0 Å². The van der Waals surface area contributed by atoms with Gasteiger partial charge >= 0.3 is 11.9 Å². The lowest BCUT2D eigenvalue weighted by molar-refractivity contribution is -0.145. The lowest BCUT2D eigenvalue weighted by atomic mass is 10.0. The minimum Gasteiger partial charge on any atom is -0.508 e. The van der Waals surface area contributed by atoms with Gasteiger partial charge in [-0.05, 0) is 125 Å². The van der Waals surface area contributed by atoms with Crippen molar-refractivity contribution in [3.63, 3.8) is 0 Å². The fraction of sp³-hybridized carbons (Fsp3) is 0.587. The second-order valence-electron chi connectivity index (χ2n) is 24.5. The van der Waals surface area contributed by atoms with E-state index >= 15 is 0 Å². The molecule has 2 aromatic carbocycles. The summed E-state index contributed by atoms with van der Waals surface area (Å²) in [5.74, 6) is -12.9. The third-order valence-corrected chi connectivity index (χ3v) is 18.4. The topological polar surface area (TPSA) is 462 Å². The first kappa shape index (κ1) is 76.3. The van der Waals surface area contributed by atoms with Gasteiger partial charge in [0.25, 0.3) is 5.91 Å². The standard InChI is InChI=1S/C63H88N12O19S2/c1-34(2)23-43-57(86)68-45(28-52(81)82)59(88)73-53(36(4)76)63(92)75-20-10-12-49(75)61(90)70-44(27-37-13-15-40(77)16-14-37)58(87)67-42(17-18-51(79)80)56(85)71-46(54(64)83)32-95-30-38-24-39-26-41(25-38)93-21-7-5-6-8-22-94-65-29-50(78)66-35(3)55(84)72-47(33-96-31-39)62(91)74-19-9-11-48(74)60(89)69-43/h13-16,24-26,29,34-36,42-49,53,76-77H,5-12,17-23,27-28,30-33H2,1-4H3,(H2,64,83)(H,66,78)(H,67,87)(H,68,86)(H,69,89)(H,70,90)(H,71,85)(H,72,84)(H,73,88)(H,79,80)(H,81,82)/b65-29+/t35-,36+,42-,43-,44-,45-,46-,47-,48-,49-,53?/m0/s1. The van der Waals surface area contributed by atoms with Crippen LogP contribution in [0.15, 0.2) is 47.6 Å². The summed E-state index contributed by atoms with van der Waals surface area (Å²) in [7, 11) is 0. The molecular formula is C63H88N12O19S2. The SMILES string of the molecule is CC(C)C[C@@H]1NC(=O)[C@@H]2CCCN2C(=O)[C@@H]2CSCc3cc(cc(c3)OCCCCCCO/N=C/C(=O)N[C@@H](C)C(=O)N2)CSC[C@@H](C(N)=O)NC(=O)[C@H](CCC(=O)O)NC(=O)[C@H](Cc2ccc(O)cc2)NC(=O)[C@@H]2CCCN2C(=O)C([C@@H](C)O)NC(=O)[C@H](CC(=O)O)NC1=O. The number of nitrogens with two attached hydrogens (primary N) is 1. The second kappa shape index (κ2) is 37.5. The minimum atomic E-state index is -1.95. The van der Waals surface area contributed by atoms with Crippen LogP contribution in [-0.4, -0.2) is 218 Å². The molecule has 33 heteroatoms. The Kier molecular flexibility index (Phi) is 29.8. The molecule has 0 aromatic heterocycles. The number of hydrogen-bond donors (Lipinski definition) is 13. The summed E-state index contributed by atoms with van der Waals surface area (Å²) in [5, 5.41) is 65.0. The predicted molar refractivity (Wildman–Crippen MR) is 349 cm³/mol. The van der Waals surface area contributed by atoms with Crippen LogP contribution in [0.5, 0.6) is 11.5 Å². The van der Waals surface area contributed by atoms with Gasteiger partial charge in [0.1, 0.15) is 84.7 Å². The van der Waals surface area contributed by atoms with E-state index in [1.54, 1.807) is 26.0 Å². The molecular weight excluding hydrogens is 1290 g/mol. The molecule has 2 aromatic rings. The van der Waals surface area contributed by atoms with E-state index < -0.39 is 163 Å². The molecule has 11 amide bonds. The Hall–Kier alpha value is -8.72. The van der Waals surface area contributed by atoms with Crippen LogP contribution in [0.25, 0.3) is 0 Å². The number of oxime groups is 1. The highest BCUT2D eigenvalue weighted by Gasteiger charge is 2.44. The average Bonchev–Trinajstić information content (AvgIpc) is 1.61. The number of ether oxygens (including phenoxy) is 1. The number of nitrogens with zero attached hydrogens (tertiary/aromatic N) is 3. The average molecular weight is 1380 g/mol. The third-order valence-electron chi connectivity index (χ3n) is 16.2. The summed E-state index contributed by atoms with van der Waals surface area (Å²) >= 11 is 2.42. The summed E-state index contributed by atoms with van der Waals surface area (Å²) in [6, 6.07) is -4.05. The Morgan fingerprint density at radius 2 is 1.20 bits per heavy atom. The number of aliphatic hydroxyl groups is 1. The van der Waals surface area contributed by atoms with Gasteiger partial charge in [-0.3, -0.25) is 62.3 Å². The first-order valence-electron chi connectivity index (χ1n) is 32.0. The normalized spacial score (nSPS) is 26.6. The largest absolute Gasteiger partial charge is 0.508 e. The van der Waals surface area contributed by atoms with Crippen molar-refractivity contribution in [2.45, 2.75) is 189 Å². The summed E-state index contributed by atoms with van der Waals surface area (Å²) in [5.41, 5.74) is 7.63. The van der Waals surface area contributed by atoms with E-state index in [4.69, 9.17) is 15.3 Å². The molecule has 0 radical (unpaired) electrons. The number of thioether (sulfide) groups is 2. The summed E-state index contributed by atoms with van der Waals surface area (Å²) in [4.78, 5) is 188. The number of aliphatic hydroxyl groups excluding tert-OH is 1. The molecule has 0 saturated carbocycles. The van der Waals surface area contributed by atoms with Gasteiger partial charge in [-0.15, -0.1) is 0 Å². The van der Waals surface area contributed by atoms with Crippen molar-refractivity contribution in [2.24, 2.45) is 16.8 Å². The van der Waals surface area contributed by atoms with E-state index in [-0.39, 0.29) is 86.5 Å². The van der Waals surface area contributed by atoms with Gasteiger partial charge in [-0.2, -0.15) is 23.5 Å². The highest BCUT2D eigenvalue weighted by Crippen LogP contribution is 2.28. The van der Waals surface area contributed by atoms with Crippen LogP contribution in [0.3, 0.4) is 0 Å². The van der Waals surface area contributed by atoms with Crippen molar-refractivity contribution in [1.29, 1.82) is 0 Å². The smallest absolute Gasteiger partial charge is 0.305 e. The van der Waals surface area contributed by atoms with Crippen molar-refractivity contribution < 1.29 is 92.3 Å². The summed E-state index contributed by atoms with van der Waals surface area (Å²) in [6.07, 6.45) is -0.0883. The number of carbonyl (C=O) groups is 13. The molecule has 4 aliphatic heterocycles. The highest BCUT2D eigenvalue weighted by molar-refractivity contribution is 7.98. The molecule has 31 nitrogen and oxygen atoms in total. The number of phenolic OH excluding ortho intramolecular Hbond substituents is 1. The number of primary amides is 1. The van der Waals surface area contributed by atoms with E-state index in [1.165, 1.54) is 59.6 Å². The molecule has 0 spiro atoms. The first-order valence-corrected chi connectivity index (χ1v) is 34.3. The molecule has 4 aliphatic rings. The van der Waals surface area contributed by atoms with E-state index in [0.29, 0.717) is 48.3 Å². The Morgan fingerprint density at radius 1 is 0.635 bits per heavy atom. The number of aliphatic carboxylic acids is 2. The van der Waals surface area contributed by atoms with Crippen LogP contribution < -0.4 is 53.0 Å². The number of benzene rings is 2. The van der Waals surface area contributed by atoms with Crippen LogP contribution in [0.1, 0.15) is 121 Å². The molecule has 0 aliphatic carbocycles. The van der Waals surface area contributed by atoms with Crippen molar-refractivity contribution in [3.8, 4) is 11.5 Å². The lowest BCUT2D eigenvalue weighted by Gasteiger charge is -2.32. The maximum Gasteiger partial charge on any atom is 0.305 e. The monoisotopic (exact) mass is 1380 g/mol. The number of rotatable bonds is 11. The zero-order valence-electron chi connectivity index (χ0n) is 54.0. The molecule has 1 unspecified atom stereocenters. The van der Waals surface area contributed by atoms with Crippen molar-refractivity contribution >= 4 is 107 Å². The Labute approximate surface area is 563 Å². The Morgan fingerprint density at radius 3 is 1.80 bits per heavy atom. The summed E-state index contributed by atoms with van der Waals surface area (Å²) in [6.45, 7) is 6.40. The first-order chi connectivity index (χ1) is 45.7. The second-order valence-corrected chi connectivity index (χ2v) is 26.5. The van der Waals surface area contributed by atoms with E-state index in [2.05, 4.69) is 47.7 Å². The highest BCUT2D eigenvalue weighted by atomic mass is 32.2. The zero-order chi connectivity index (χ0) is 70.2. The van der Waals surface area contributed by atoms with Gasteiger partial charge < -0.3 is 88.1 Å². The third kappa shape index (κ3) is 23.9. The number of carboxylic acid groups (broad SMARTS) is 2. The van der Waals surface area contributed by atoms with Gasteiger partial charge in [-0.1, -0.05) is 37.2 Å². The fourth-order valence-electron chi connectivity index (χ4n) is 11.2. The molecule has 2 fully saturated rings. The molecule has 14 N–H and O–H groups in total. The molecule has 526 valence electrons. The fourth-order valence-corrected chi connectivity index (χ4v) is 13.2. The molecule has 11 atom stereocenters. The number of carbonyl (C=O) groups excluding carboxylic acids is 11. The van der Waals surface area contributed by atoms with Crippen LogP contribution in [0, 0.1) is 5.92 Å². The van der Waals surface area contributed by atoms with Gasteiger partial charge in [0.15, 0.2) is 0 Å². The minimum absolute atomic E-state index is 0.0147. The zero-order valence-corrected chi connectivity index (χ0v) is 55.7. The number of carboxylic acids is 2. The Balaban J connectivity index is 1.40. The van der Waals surface area contributed by atoms with Gasteiger partial charge in [0.05, 0.1) is 19.1 Å².